The normalized spacial score (nSPS) is 13.7. The Kier molecular flexibility index (Phi) is 7.30. The van der Waals surface area contributed by atoms with Gasteiger partial charge < -0.3 is 24.4 Å². The predicted molar refractivity (Wildman–Crippen MR) is 113 cm³/mol. The van der Waals surface area contributed by atoms with Gasteiger partial charge in [0, 0.05) is 32.4 Å². The van der Waals surface area contributed by atoms with Gasteiger partial charge in [-0.05, 0) is 35.7 Å². The molecule has 1 atom stereocenters. The van der Waals surface area contributed by atoms with Gasteiger partial charge in [-0.2, -0.15) is 0 Å². The number of benzene rings is 2. The number of ether oxygens (including phenoxy) is 3. The number of fused-ring (bicyclic) bond motifs is 1. The van der Waals surface area contributed by atoms with Crippen LogP contribution in [0.25, 0.3) is 0 Å². The quantitative estimate of drug-likeness (QED) is 0.607. The van der Waals surface area contributed by atoms with Gasteiger partial charge in [-0.3, -0.25) is 9.59 Å². The molecule has 160 valence electrons. The minimum Gasteiger partial charge on any atom is -0.493 e. The standard InChI is InChI=1S/C23H28N2O5/c1-28-12-6-11-24-22(26)14-19(16-9-10-20(29-2)21(13-16)30-3)25-15-17-7-4-5-8-18(17)23(25)27/h4-5,7-10,13,19H,6,11-12,14-15H2,1-3H3,(H,24,26). The lowest BCUT2D eigenvalue weighted by atomic mass is 10.0. The van der Waals surface area contributed by atoms with E-state index >= 15 is 0 Å². The number of rotatable bonds is 10. The van der Waals surface area contributed by atoms with Crippen molar-refractivity contribution in [3.8, 4) is 11.5 Å². The van der Waals surface area contributed by atoms with Crippen molar-refractivity contribution in [1.29, 1.82) is 0 Å². The zero-order valence-corrected chi connectivity index (χ0v) is 17.6. The van der Waals surface area contributed by atoms with E-state index in [2.05, 4.69) is 5.32 Å². The van der Waals surface area contributed by atoms with Gasteiger partial charge in [0.15, 0.2) is 11.5 Å². The zero-order valence-electron chi connectivity index (χ0n) is 17.6. The van der Waals surface area contributed by atoms with E-state index in [1.807, 2.05) is 36.4 Å². The molecule has 2 aromatic carbocycles. The Morgan fingerprint density at radius 2 is 1.87 bits per heavy atom. The molecule has 1 aliphatic heterocycles. The summed E-state index contributed by atoms with van der Waals surface area (Å²) in [5.74, 6) is 0.969. The van der Waals surface area contributed by atoms with Gasteiger partial charge in [0.1, 0.15) is 0 Å². The van der Waals surface area contributed by atoms with Gasteiger partial charge in [0.05, 0.1) is 26.7 Å². The lowest BCUT2D eigenvalue weighted by molar-refractivity contribution is -0.122. The third-order valence-corrected chi connectivity index (χ3v) is 5.24. The number of methoxy groups -OCH3 is 3. The molecule has 2 aromatic rings. The molecule has 0 saturated carbocycles. The molecule has 1 N–H and O–H groups in total. The lowest BCUT2D eigenvalue weighted by Gasteiger charge is -2.28. The van der Waals surface area contributed by atoms with Gasteiger partial charge in [-0.1, -0.05) is 24.3 Å². The van der Waals surface area contributed by atoms with Gasteiger partial charge in [0.2, 0.25) is 5.91 Å². The average molecular weight is 412 g/mol. The van der Waals surface area contributed by atoms with E-state index in [9.17, 15) is 9.59 Å². The molecule has 1 aliphatic rings. The van der Waals surface area contributed by atoms with Crippen LogP contribution in [0, 0.1) is 0 Å². The van der Waals surface area contributed by atoms with E-state index in [1.165, 1.54) is 0 Å². The van der Waals surface area contributed by atoms with Crippen LogP contribution in [-0.2, 0) is 16.1 Å². The van der Waals surface area contributed by atoms with Crippen LogP contribution in [0.3, 0.4) is 0 Å². The van der Waals surface area contributed by atoms with E-state index < -0.39 is 6.04 Å². The number of nitrogens with one attached hydrogen (secondary N) is 1. The maximum absolute atomic E-state index is 13.1. The highest BCUT2D eigenvalue weighted by Crippen LogP contribution is 2.37. The van der Waals surface area contributed by atoms with Crippen molar-refractivity contribution < 1.29 is 23.8 Å². The average Bonchev–Trinajstić information content (AvgIpc) is 3.11. The Labute approximate surface area is 176 Å². The van der Waals surface area contributed by atoms with Crippen molar-refractivity contribution in [3.63, 3.8) is 0 Å². The van der Waals surface area contributed by atoms with Gasteiger partial charge in [-0.15, -0.1) is 0 Å². The fourth-order valence-electron chi connectivity index (χ4n) is 3.69. The second-order valence-corrected chi connectivity index (χ2v) is 7.12. The molecule has 1 unspecified atom stereocenters. The molecule has 0 spiro atoms. The third-order valence-electron chi connectivity index (χ3n) is 5.24. The van der Waals surface area contributed by atoms with Crippen LogP contribution in [0.1, 0.15) is 40.4 Å². The first kappa shape index (κ1) is 21.6. The summed E-state index contributed by atoms with van der Waals surface area (Å²) in [7, 11) is 4.77. The molecule has 0 fully saturated rings. The molecular weight excluding hydrogens is 384 g/mol. The molecule has 0 radical (unpaired) electrons. The molecule has 7 heteroatoms. The highest BCUT2D eigenvalue weighted by molar-refractivity contribution is 5.98. The maximum atomic E-state index is 13.1. The molecular formula is C23H28N2O5. The first-order chi connectivity index (χ1) is 14.6. The number of nitrogens with zero attached hydrogens (tertiary/aromatic N) is 1. The predicted octanol–water partition coefficient (Wildman–Crippen LogP) is 2.94. The SMILES string of the molecule is COCCCNC(=O)CC(c1ccc(OC)c(OC)c1)N1Cc2ccccc2C1=O. The first-order valence-electron chi connectivity index (χ1n) is 9.95. The van der Waals surface area contributed by atoms with E-state index in [1.54, 1.807) is 32.3 Å². The highest BCUT2D eigenvalue weighted by Gasteiger charge is 2.34. The Balaban J connectivity index is 1.86. The summed E-state index contributed by atoms with van der Waals surface area (Å²) in [6.45, 7) is 1.57. The summed E-state index contributed by atoms with van der Waals surface area (Å²) in [6.07, 6.45) is 0.888. The Hall–Kier alpha value is -3.06. The summed E-state index contributed by atoms with van der Waals surface area (Å²) in [6, 6.07) is 12.6. The maximum Gasteiger partial charge on any atom is 0.255 e. The summed E-state index contributed by atoms with van der Waals surface area (Å²) in [4.78, 5) is 27.5. The van der Waals surface area contributed by atoms with Crippen molar-refractivity contribution in [2.75, 3.05) is 34.5 Å². The Morgan fingerprint density at radius 1 is 1.10 bits per heavy atom. The molecule has 7 nitrogen and oxygen atoms in total. The number of hydrogen-bond donors (Lipinski definition) is 1. The molecule has 0 aromatic heterocycles. The molecule has 3 rings (SSSR count). The second kappa shape index (κ2) is 10.1. The molecule has 2 amide bonds. The van der Waals surface area contributed by atoms with Crippen molar-refractivity contribution in [2.24, 2.45) is 0 Å². The van der Waals surface area contributed by atoms with Crippen molar-refractivity contribution in [3.05, 3.63) is 59.2 Å². The van der Waals surface area contributed by atoms with Crippen LogP contribution < -0.4 is 14.8 Å². The minimum absolute atomic E-state index is 0.0717. The highest BCUT2D eigenvalue weighted by atomic mass is 16.5. The van der Waals surface area contributed by atoms with Gasteiger partial charge >= 0.3 is 0 Å². The smallest absolute Gasteiger partial charge is 0.255 e. The summed E-state index contributed by atoms with van der Waals surface area (Å²) < 4.78 is 15.8. The number of amides is 2. The van der Waals surface area contributed by atoms with E-state index in [-0.39, 0.29) is 18.2 Å². The van der Waals surface area contributed by atoms with Crippen LogP contribution in [0.5, 0.6) is 11.5 Å². The lowest BCUT2D eigenvalue weighted by Crippen LogP contribution is -2.34. The van der Waals surface area contributed by atoms with Crippen LogP contribution in [-0.4, -0.2) is 51.2 Å². The van der Waals surface area contributed by atoms with Crippen LogP contribution in [0.2, 0.25) is 0 Å². The topological polar surface area (TPSA) is 77.1 Å². The fourth-order valence-corrected chi connectivity index (χ4v) is 3.69. The zero-order chi connectivity index (χ0) is 21.5. The van der Waals surface area contributed by atoms with Crippen LogP contribution in [0.15, 0.2) is 42.5 Å². The second-order valence-electron chi connectivity index (χ2n) is 7.12. The number of carbonyl (C=O) groups excluding carboxylic acids is 2. The summed E-state index contributed by atoms with van der Waals surface area (Å²) in [5.41, 5.74) is 2.47. The van der Waals surface area contributed by atoms with Crippen molar-refractivity contribution >= 4 is 11.8 Å². The largest absolute Gasteiger partial charge is 0.493 e. The van der Waals surface area contributed by atoms with Crippen LogP contribution in [0.4, 0.5) is 0 Å². The molecule has 0 saturated heterocycles. The van der Waals surface area contributed by atoms with Gasteiger partial charge in [0.25, 0.3) is 5.91 Å². The van der Waals surface area contributed by atoms with Gasteiger partial charge in [-0.25, -0.2) is 0 Å². The van der Waals surface area contributed by atoms with Crippen molar-refractivity contribution in [2.45, 2.75) is 25.4 Å². The first-order valence-corrected chi connectivity index (χ1v) is 9.95. The molecule has 0 aliphatic carbocycles. The number of carbonyl (C=O) groups is 2. The van der Waals surface area contributed by atoms with Crippen LogP contribution >= 0.6 is 0 Å². The monoisotopic (exact) mass is 412 g/mol. The third kappa shape index (κ3) is 4.74. The molecule has 1 heterocycles. The summed E-state index contributed by atoms with van der Waals surface area (Å²) >= 11 is 0. The molecule has 30 heavy (non-hydrogen) atoms. The van der Waals surface area contributed by atoms with E-state index in [0.29, 0.717) is 36.8 Å². The fraction of sp³-hybridized carbons (Fsp3) is 0.391. The van der Waals surface area contributed by atoms with Crippen molar-refractivity contribution in [1.82, 2.24) is 10.2 Å². The Morgan fingerprint density at radius 3 is 2.57 bits per heavy atom. The molecule has 0 bridgehead atoms. The summed E-state index contributed by atoms with van der Waals surface area (Å²) in [5, 5.41) is 2.92. The van der Waals surface area contributed by atoms with E-state index in [4.69, 9.17) is 14.2 Å². The minimum atomic E-state index is -0.424. The number of hydrogen-bond acceptors (Lipinski definition) is 5. The Bertz CT molecular complexity index is 899. The van der Waals surface area contributed by atoms with E-state index in [0.717, 1.165) is 17.5 Å².